The van der Waals surface area contributed by atoms with Crippen molar-refractivity contribution in [1.29, 1.82) is 0 Å². The van der Waals surface area contributed by atoms with Crippen LogP contribution in [-0.4, -0.2) is 25.7 Å². The number of methoxy groups -OCH3 is 1. The third kappa shape index (κ3) is 2.74. The van der Waals surface area contributed by atoms with E-state index in [4.69, 9.17) is 10.5 Å². The van der Waals surface area contributed by atoms with E-state index in [1.165, 1.54) is 0 Å². The molecule has 4 heteroatoms. The molecule has 0 fully saturated rings. The van der Waals surface area contributed by atoms with Gasteiger partial charge in [0.1, 0.15) is 0 Å². The summed E-state index contributed by atoms with van der Waals surface area (Å²) in [5, 5.41) is 3.01. The molecule has 0 bridgehead atoms. The maximum Gasteiger partial charge on any atom is 0.220 e. The Hall–Kier alpha value is -1.55. The van der Waals surface area contributed by atoms with Crippen LogP contribution in [-0.2, 0) is 0 Å². The number of nitrogens with zero attached hydrogens (tertiary/aromatic N) is 1. The zero-order chi connectivity index (χ0) is 10.4. The highest BCUT2D eigenvalue weighted by molar-refractivity contribution is 5.59. The summed E-state index contributed by atoms with van der Waals surface area (Å²) in [5.74, 6) is 0.589. The Labute approximate surface area is 83.8 Å². The van der Waals surface area contributed by atoms with E-state index in [-0.39, 0.29) is 0 Å². The molecular formula is C10H15N3O. The molecule has 1 rings (SSSR count). The molecule has 0 radical (unpaired) electrons. The van der Waals surface area contributed by atoms with Gasteiger partial charge in [-0.1, -0.05) is 12.2 Å². The summed E-state index contributed by atoms with van der Waals surface area (Å²) in [6, 6.07) is 1.83. The van der Waals surface area contributed by atoms with Gasteiger partial charge < -0.3 is 15.8 Å². The first kappa shape index (κ1) is 10.5. The number of anilines is 1. The molecule has 4 nitrogen and oxygen atoms in total. The van der Waals surface area contributed by atoms with Gasteiger partial charge in [0.25, 0.3) is 0 Å². The van der Waals surface area contributed by atoms with Crippen LogP contribution in [0.2, 0.25) is 0 Å². The number of ether oxygens (including phenoxy) is 1. The number of nitrogens with two attached hydrogens (primary N) is 1. The summed E-state index contributed by atoms with van der Waals surface area (Å²) < 4.78 is 5.09. The van der Waals surface area contributed by atoms with Gasteiger partial charge in [-0.3, -0.25) is 0 Å². The van der Waals surface area contributed by atoms with E-state index in [0.29, 0.717) is 11.6 Å². The van der Waals surface area contributed by atoms with Crippen LogP contribution in [0.25, 0.3) is 6.08 Å². The molecule has 0 saturated heterocycles. The summed E-state index contributed by atoms with van der Waals surface area (Å²) in [7, 11) is 3.48. The van der Waals surface area contributed by atoms with Crippen LogP contribution >= 0.6 is 0 Å². The number of pyridine rings is 1. The van der Waals surface area contributed by atoms with Crippen LogP contribution in [0, 0.1) is 0 Å². The average molecular weight is 193 g/mol. The first-order chi connectivity index (χ1) is 6.77. The number of hydrogen-bond donors (Lipinski definition) is 2. The van der Waals surface area contributed by atoms with Gasteiger partial charge in [-0.2, -0.15) is 0 Å². The maximum atomic E-state index is 5.62. The number of aromatic nitrogens is 1. The monoisotopic (exact) mass is 193 g/mol. The Morgan fingerprint density at radius 3 is 3.07 bits per heavy atom. The zero-order valence-corrected chi connectivity index (χ0v) is 8.45. The molecular weight excluding hydrogens is 178 g/mol. The molecule has 0 aliphatic heterocycles. The summed E-state index contributed by atoms with van der Waals surface area (Å²) in [6.45, 7) is 0.804. The lowest BCUT2D eigenvalue weighted by molar-refractivity contribution is 0.397. The van der Waals surface area contributed by atoms with Crippen molar-refractivity contribution in [1.82, 2.24) is 10.3 Å². The molecule has 3 N–H and O–H groups in total. The fourth-order valence-electron chi connectivity index (χ4n) is 1.08. The SMILES string of the molecule is CNCC=Cc1cc(N)cnc1OC. The molecule has 14 heavy (non-hydrogen) atoms. The van der Waals surface area contributed by atoms with Crippen molar-refractivity contribution in [3.8, 4) is 5.88 Å². The number of nitrogens with one attached hydrogen (secondary N) is 1. The topological polar surface area (TPSA) is 60.2 Å². The molecule has 0 unspecified atom stereocenters. The van der Waals surface area contributed by atoms with Crippen molar-refractivity contribution in [3.05, 3.63) is 23.9 Å². The Morgan fingerprint density at radius 2 is 2.43 bits per heavy atom. The molecule has 0 saturated carbocycles. The fourth-order valence-corrected chi connectivity index (χ4v) is 1.08. The summed E-state index contributed by atoms with van der Waals surface area (Å²) in [5.41, 5.74) is 7.14. The molecule has 1 heterocycles. The predicted octanol–water partition coefficient (Wildman–Crippen LogP) is 0.905. The Morgan fingerprint density at radius 1 is 1.64 bits per heavy atom. The number of hydrogen-bond acceptors (Lipinski definition) is 4. The third-order valence-electron chi connectivity index (χ3n) is 1.71. The van der Waals surface area contributed by atoms with Crippen LogP contribution in [0.5, 0.6) is 5.88 Å². The molecule has 0 spiro atoms. The van der Waals surface area contributed by atoms with Gasteiger partial charge in [0.2, 0.25) is 5.88 Å². The second-order valence-electron chi connectivity index (χ2n) is 2.83. The van der Waals surface area contributed by atoms with E-state index in [1.807, 2.05) is 25.3 Å². The Bertz CT molecular complexity index is 323. The van der Waals surface area contributed by atoms with Gasteiger partial charge >= 0.3 is 0 Å². The summed E-state index contributed by atoms with van der Waals surface area (Å²) in [6.07, 6.45) is 5.49. The molecule has 0 atom stereocenters. The smallest absolute Gasteiger partial charge is 0.220 e. The van der Waals surface area contributed by atoms with Crippen LogP contribution in [0.4, 0.5) is 5.69 Å². The standard InChI is InChI=1S/C10H15N3O/c1-12-5-3-4-8-6-9(11)7-13-10(8)14-2/h3-4,6-7,12H,5,11H2,1-2H3. The van der Waals surface area contributed by atoms with E-state index < -0.39 is 0 Å². The van der Waals surface area contributed by atoms with Crippen molar-refractivity contribution >= 4 is 11.8 Å². The lowest BCUT2D eigenvalue weighted by Crippen LogP contribution is -2.03. The second kappa shape index (κ2) is 5.24. The lowest BCUT2D eigenvalue weighted by atomic mass is 10.2. The van der Waals surface area contributed by atoms with Crippen LogP contribution in [0.15, 0.2) is 18.3 Å². The third-order valence-corrected chi connectivity index (χ3v) is 1.71. The Balaban J connectivity index is 2.87. The molecule has 76 valence electrons. The highest BCUT2D eigenvalue weighted by Gasteiger charge is 2.00. The zero-order valence-electron chi connectivity index (χ0n) is 8.45. The second-order valence-corrected chi connectivity index (χ2v) is 2.83. The molecule has 1 aromatic heterocycles. The van der Waals surface area contributed by atoms with Gasteiger partial charge in [0.15, 0.2) is 0 Å². The minimum absolute atomic E-state index is 0.589. The average Bonchev–Trinajstić information content (AvgIpc) is 2.19. The predicted molar refractivity (Wildman–Crippen MR) is 58.2 cm³/mol. The van der Waals surface area contributed by atoms with Crippen molar-refractivity contribution in [2.75, 3.05) is 26.4 Å². The first-order valence-corrected chi connectivity index (χ1v) is 4.38. The molecule has 0 amide bonds. The Kier molecular flexibility index (Phi) is 3.94. The van der Waals surface area contributed by atoms with Crippen LogP contribution in [0.1, 0.15) is 5.56 Å². The number of likely N-dealkylation sites (N-methyl/N-ethyl adjacent to an activating group) is 1. The van der Waals surface area contributed by atoms with Crippen molar-refractivity contribution in [2.45, 2.75) is 0 Å². The molecule has 0 aliphatic carbocycles. The highest BCUT2D eigenvalue weighted by Crippen LogP contribution is 2.18. The number of rotatable bonds is 4. The van der Waals surface area contributed by atoms with E-state index in [9.17, 15) is 0 Å². The van der Waals surface area contributed by atoms with Gasteiger partial charge in [-0.05, 0) is 13.1 Å². The normalized spacial score (nSPS) is 10.7. The van der Waals surface area contributed by atoms with E-state index in [0.717, 1.165) is 12.1 Å². The van der Waals surface area contributed by atoms with E-state index in [1.54, 1.807) is 13.3 Å². The van der Waals surface area contributed by atoms with Crippen molar-refractivity contribution in [3.63, 3.8) is 0 Å². The van der Waals surface area contributed by atoms with Crippen molar-refractivity contribution < 1.29 is 4.74 Å². The lowest BCUT2D eigenvalue weighted by Gasteiger charge is -2.03. The largest absolute Gasteiger partial charge is 0.481 e. The van der Waals surface area contributed by atoms with Crippen molar-refractivity contribution in [2.24, 2.45) is 0 Å². The van der Waals surface area contributed by atoms with Gasteiger partial charge in [-0.15, -0.1) is 0 Å². The molecule has 0 aliphatic rings. The van der Waals surface area contributed by atoms with Crippen LogP contribution in [0.3, 0.4) is 0 Å². The number of nitrogen functional groups attached to an aromatic ring is 1. The van der Waals surface area contributed by atoms with E-state index in [2.05, 4.69) is 10.3 Å². The molecule has 0 aromatic carbocycles. The van der Waals surface area contributed by atoms with Gasteiger partial charge in [-0.25, -0.2) is 4.98 Å². The first-order valence-electron chi connectivity index (χ1n) is 4.38. The van der Waals surface area contributed by atoms with Gasteiger partial charge in [0, 0.05) is 12.1 Å². The summed E-state index contributed by atoms with van der Waals surface area (Å²) in [4.78, 5) is 4.06. The quantitative estimate of drug-likeness (QED) is 0.746. The minimum Gasteiger partial charge on any atom is -0.481 e. The molecule has 1 aromatic rings. The summed E-state index contributed by atoms with van der Waals surface area (Å²) >= 11 is 0. The van der Waals surface area contributed by atoms with Crippen LogP contribution < -0.4 is 15.8 Å². The maximum absolute atomic E-state index is 5.62. The fraction of sp³-hybridized carbons (Fsp3) is 0.300. The minimum atomic E-state index is 0.589. The highest BCUT2D eigenvalue weighted by atomic mass is 16.5. The van der Waals surface area contributed by atoms with E-state index >= 15 is 0 Å². The van der Waals surface area contributed by atoms with Gasteiger partial charge in [0.05, 0.1) is 19.0 Å².